The standard InChI is InChI=1S/C42H48N4O6/c1-5-51-41(49)35-11-19-39(20-12-35)45-27-25-43(37-15-7-33(8-16-37)31(3)47)23-24-44(38-17-9-34(10-18-38)32(4)48)26-28-46(30-29-45)40-21-13-36(14-22-40)42(50)52-6-2/h7-22H,5-6,23-30H2,1-4H3. The zero-order valence-corrected chi connectivity index (χ0v) is 30.5. The van der Waals surface area contributed by atoms with Crippen molar-refractivity contribution in [1.82, 2.24) is 0 Å². The summed E-state index contributed by atoms with van der Waals surface area (Å²) in [5.41, 5.74) is 6.38. The molecule has 1 aliphatic rings. The number of rotatable bonds is 10. The normalized spacial score (nSPS) is 14.2. The lowest BCUT2D eigenvalue weighted by atomic mass is 10.1. The van der Waals surface area contributed by atoms with E-state index in [0.29, 0.717) is 87.8 Å². The molecule has 0 atom stereocenters. The monoisotopic (exact) mass is 704 g/mol. The van der Waals surface area contributed by atoms with Crippen molar-refractivity contribution in [2.75, 3.05) is 85.2 Å². The van der Waals surface area contributed by atoms with Crippen molar-refractivity contribution < 1.29 is 28.7 Å². The summed E-state index contributed by atoms with van der Waals surface area (Å²) in [6.07, 6.45) is 0. The van der Waals surface area contributed by atoms with Crippen LogP contribution in [0.25, 0.3) is 0 Å². The number of hydrogen-bond donors (Lipinski definition) is 0. The van der Waals surface area contributed by atoms with E-state index in [0.717, 1.165) is 22.7 Å². The minimum Gasteiger partial charge on any atom is -0.462 e. The molecule has 1 aliphatic heterocycles. The number of esters is 2. The average Bonchev–Trinajstić information content (AvgIpc) is 3.15. The van der Waals surface area contributed by atoms with Crippen LogP contribution in [0.1, 0.15) is 69.1 Å². The molecule has 0 bridgehead atoms. The van der Waals surface area contributed by atoms with Gasteiger partial charge in [0.2, 0.25) is 0 Å². The van der Waals surface area contributed by atoms with Gasteiger partial charge in [-0.05, 0) is 125 Å². The number of anilines is 4. The first kappa shape index (κ1) is 37.6. The van der Waals surface area contributed by atoms with Crippen molar-refractivity contribution in [2.45, 2.75) is 27.7 Å². The second-order valence-electron chi connectivity index (χ2n) is 12.7. The molecule has 272 valence electrons. The Hall–Kier alpha value is -5.64. The maximum absolute atomic E-state index is 12.4. The number of hydrogen-bond acceptors (Lipinski definition) is 10. The average molecular weight is 705 g/mol. The minimum absolute atomic E-state index is 0.0259. The van der Waals surface area contributed by atoms with Crippen molar-refractivity contribution in [3.05, 3.63) is 119 Å². The Morgan fingerprint density at radius 3 is 0.808 bits per heavy atom. The van der Waals surface area contributed by atoms with Gasteiger partial charge in [-0.1, -0.05) is 0 Å². The summed E-state index contributed by atoms with van der Waals surface area (Å²) in [7, 11) is 0. The number of carbonyl (C=O) groups is 4. The van der Waals surface area contributed by atoms with Crippen molar-refractivity contribution in [2.24, 2.45) is 0 Å². The molecule has 0 unspecified atom stereocenters. The van der Waals surface area contributed by atoms with Crippen molar-refractivity contribution in [3.63, 3.8) is 0 Å². The highest BCUT2D eigenvalue weighted by Crippen LogP contribution is 2.24. The quantitative estimate of drug-likeness (QED) is 0.130. The van der Waals surface area contributed by atoms with Gasteiger partial charge in [0.05, 0.1) is 24.3 Å². The van der Waals surface area contributed by atoms with Crippen molar-refractivity contribution in [3.8, 4) is 0 Å². The Bertz CT molecular complexity index is 1670. The van der Waals surface area contributed by atoms with E-state index in [1.165, 1.54) is 0 Å². The highest BCUT2D eigenvalue weighted by atomic mass is 16.5. The van der Waals surface area contributed by atoms with Crippen LogP contribution in [0.2, 0.25) is 0 Å². The van der Waals surface area contributed by atoms with Gasteiger partial charge in [-0.15, -0.1) is 0 Å². The predicted octanol–water partition coefficient (Wildman–Crippen LogP) is 6.79. The highest BCUT2D eigenvalue weighted by Gasteiger charge is 2.20. The van der Waals surface area contributed by atoms with Crippen LogP contribution in [0.15, 0.2) is 97.1 Å². The fraction of sp³-hybridized carbons (Fsp3) is 0.333. The predicted molar refractivity (Wildman–Crippen MR) is 207 cm³/mol. The van der Waals surface area contributed by atoms with Crippen LogP contribution in [0.5, 0.6) is 0 Å². The van der Waals surface area contributed by atoms with E-state index in [2.05, 4.69) is 19.6 Å². The van der Waals surface area contributed by atoms with Gasteiger partial charge in [0.15, 0.2) is 11.6 Å². The molecule has 0 radical (unpaired) electrons. The molecule has 0 saturated carbocycles. The zero-order valence-electron chi connectivity index (χ0n) is 30.5. The number of ketones is 2. The molecule has 0 N–H and O–H groups in total. The maximum Gasteiger partial charge on any atom is 0.338 e. The third kappa shape index (κ3) is 9.78. The zero-order chi connectivity index (χ0) is 37.0. The molecule has 4 aromatic carbocycles. The maximum atomic E-state index is 12.4. The second kappa shape index (κ2) is 18.0. The first-order valence-corrected chi connectivity index (χ1v) is 17.9. The van der Waals surface area contributed by atoms with E-state index in [1.807, 2.05) is 97.1 Å². The molecule has 1 saturated heterocycles. The highest BCUT2D eigenvalue weighted by molar-refractivity contribution is 5.95. The molecule has 4 aromatic rings. The van der Waals surface area contributed by atoms with E-state index in [1.54, 1.807) is 27.7 Å². The molecule has 5 rings (SSSR count). The molecule has 10 heteroatoms. The summed E-state index contributed by atoms with van der Waals surface area (Å²) in [6, 6.07) is 30.6. The molecule has 1 heterocycles. The van der Waals surface area contributed by atoms with Crippen LogP contribution in [0, 0.1) is 0 Å². The SMILES string of the molecule is CCOC(=O)c1ccc(N2CCN(c3ccc(C(C)=O)cc3)CCN(c3ccc(C(C)=O)cc3)CCN(c3ccc(C(=O)OCC)cc3)CC2)cc1. The Kier molecular flexibility index (Phi) is 13.0. The Balaban J connectivity index is 1.48. The molecule has 0 aliphatic carbocycles. The summed E-state index contributed by atoms with van der Waals surface area (Å²) in [5, 5.41) is 0. The largest absolute Gasteiger partial charge is 0.462 e. The summed E-state index contributed by atoms with van der Waals surface area (Å²) >= 11 is 0. The molecular weight excluding hydrogens is 656 g/mol. The Labute approximate surface area is 306 Å². The third-order valence-corrected chi connectivity index (χ3v) is 9.32. The molecule has 52 heavy (non-hydrogen) atoms. The Morgan fingerprint density at radius 1 is 0.404 bits per heavy atom. The van der Waals surface area contributed by atoms with E-state index < -0.39 is 0 Å². The van der Waals surface area contributed by atoms with Gasteiger partial charge in [0.1, 0.15) is 0 Å². The van der Waals surface area contributed by atoms with Crippen molar-refractivity contribution in [1.29, 1.82) is 0 Å². The van der Waals surface area contributed by atoms with Crippen molar-refractivity contribution >= 4 is 46.3 Å². The first-order chi connectivity index (χ1) is 25.2. The summed E-state index contributed by atoms with van der Waals surface area (Å²) < 4.78 is 10.4. The van der Waals surface area contributed by atoms with Crippen LogP contribution in [-0.2, 0) is 9.47 Å². The van der Waals surface area contributed by atoms with E-state index in [-0.39, 0.29) is 23.5 Å². The lowest BCUT2D eigenvalue weighted by Gasteiger charge is -2.37. The lowest BCUT2D eigenvalue weighted by Crippen LogP contribution is -2.46. The number of ether oxygens (including phenoxy) is 2. The molecule has 10 nitrogen and oxygen atoms in total. The van der Waals surface area contributed by atoms with Crippen LogP contribution in [0.3, 0.4) is 0 Å². The van der Waals surface area contributed by atoms with Gasteiger partial charge >= 0.3 is 11.9 Å². The van der Waals surface area contributed by atoms with Gasteiger partial charge in [-0.3, -0.25) is 9.59 Å². The molecular formula is C42H48N4O6. The molecule has 0 spiro atoms. The summed E-state index contributed by atoms with van der Waals surface area (Å²) in [5.74, 6) is -0.641. The van der Waals surface area contributed by atoms with Gasteiger partial charge < -0.3 is 29.1 Å². The van der Waals surface area contributed by atoms with Crippen LogP contribution in [0.4, 0.5) is 22.7 Å². The second-order valence-corrected chi connectivity index (χ2v) is 12.7. The fourth-order valence-corrected chi connectivity index (χ4v) is 6.31. The number of Topliss-reactive ketones (excluding diaryl/α,β-unsaturated/α-hetero) is 2. The number of benzene rings is 4. The first-order valence-electron chi connectivity index (χ1n) is 17.9. The molecule has 1 fully saturated rings. The van der Waals surface area contributed by atoms with Gasteiger partial charge in [0.25, 0.3) is 0 Å². The van der Waals surface area contributed by atoms with Gasteiger partial charge in [-0.25, -0.2) is 9.59 Å². The Morgan fingerprint density at radius 2 is 0.615 bits per heavy atom. The topological polar surface area (TPSA) is 99.7 Å². The smallest absolute Gasteiger partial charge is 0.338 e. The fourth-order valence-electron chi connectivity index (χ4n) is 6.31. The number of nitrogens with zero attached hydrogens (tertiary/aromatic N) is 4. The molecule has 0 amide bonds. The van der Waals surface area contributed by atoms with Gasteiger partial charge in [-0.2, -0.15) is 0 Å². The lowest BCUT2D eigenvalue weighted by molar-refractivity contribution is 0.0517. The van der Waals surface area contributed by atoms with Gasteiger partial charge in [0, 0.05) is 86.2 Å². The molecule has 0 aromatic heterocycles. The van der Waals surface area contributed by atoms with E-state index in [4.69, 9.17) is 9.47 Å². The van der Waals surface area contributed by atoms with E-state index >= 15 is 0 Å². The minimum atomic E-state index is -0.346. The van der Waals surface area contributed by atoms with Crippen LogP contribution >= 0.6 is 0 Å². The summed E-state index contributed by atoms with van der Waals surface area (Å²) in [6.45, 7) is 12.9. The summed E-state index contributed by atoms with van der Waals surface area (Å²) in [4.78, 5) is 58.3. The van der Waals surface area contributed by atoms with Crippen LogP contribution in [-0.4, -0.2) is 89.1 Å². The van der Waals surface area contributed by atoms with Crippen LogP contribution < -0.4 is 19.6 Å². The van der Waals surface area contributed by atoms with E-state index in [9.17, 15) is 19.2 Å². The third-order valence-electron chi connectivity index (χ3n) is 9.32. The number of carbonyl (C=O) groups excluding carboxylic acids is 4.